The molecule has 1 aromatic rings. The summed E-state index contributed by atoms with van der Waals surface area (Å²) < 4.78 is 5.51. The molecule has 0 spiro atoms. The molecule has 2 heterocycles. The molecule has 2 N–H and O–H groups in total. The minimum absolute atomic E-state index is 0.0536. The van der Waals surface area contributed by atoms with E-state index in [1.807, 2.05) is 6.07 Å². The Morgan fingerprint density at radius 2 is 2.29 bits per heavy atom. The minimum Gasteiger partial charge on any atom is -0.394 e. The van der Waals surface area contributed by atoms with E-state index in [1.165, 1.54) is 12.8 Å². The molecule has 21 heavy (non-hydrogen) atoms. The normalized spacial score (nSPS) is 22.4. The lowest BCUT2D eigenvalue weighted by Gasteiger charge is -2.33. The van der Waals surface area contributed by atoms with E-state index in [-0.39, 0.29) is 12.7 Å². The number of aliphatic hydroxyl groups is 1. The largest absolute Gasteiger partial charge is 0.394 e. The standard InChI is InChI=1S/C15H24N4O2/c1-2-5-16-13-8-14(18-15(17-13)11-3-4-11)19-6-7-21-12(9-19)10-20/h8,11-12,20H,2-7,9-10H2,1H3,(H,16,17,18). The van der Waals surface area contributed by atoms with Gasteiger partial charge in [-0.1, -0.05) is 6.92 Å². The Labute approximate surface area is 125 Å². The van der Waals surface area contributed by atoms with Crippen molar-refractivity contribution in [2.45, 2.75) is 38.2 Å². The van der Waals surface area contributed by atoms with Crippen LogP contribution in [0.2, 0.25) is 0 Å². The Hall–Kier alpha value is -1.40. The molecule has 0 bridgehead atoms. The summed E-state index contributed by atoms with van der Waals surface area (Å²) in [5.41, 5.74) is 0. The third kappa shape index (κ3) is 3.63. The molecule has 116 valence electrons. The number of ether oxygens (including phenoxy) is 1. The molecule has 1 aromatic heterocycles. The molecular formula is C15H24N4O2. The van der Waals surface area contributed by atoms with E-state index in [4.69, 9.17) is 9.72 Å². The van der Waals surface area contributed by atoms with E-state index >= 15 is 0 Å². The van der Waals surface area contributed by atoms with Gasteiger partial charge in [0.05, 0.1) is 19.3 Å². The van der Waals surface area contributed by atoms with Gasteiger partial charge in [-0.2, -0.15) is 0 Å². The summed E-state index contributed by atoms with van der Waals surface area (Å²) in [6, 6.07) is 2.02. The average molecular weight is 292 g/mol. The Morgan fingerprint density at radius 3 is 3.00 bits per heavy atom. The Kier molecular flexibility index (Phi) is 4.55. The van der Waals surface area contributed by atoms with E-state index in [2.05, 4.69) is 22.1 Å². The van der Waals surface area contributed by atoms with Crippen molar-refractivity contribution in [3.63, 3.8) is 0 Å². The van der Waals surface area contributed by atoms with Gasteiger partial charge in [0.15, 0.2) is 0 Å². The molecule has 3 rings (SSSR count). The van der Waals surface area contributed by atoms with Gasteiger partial charge < -0.3 is 20.1 Å². The highest BCUT2D eigenvalue weighted by Gasteiger charge is 2.29. The maximum Gasteiger partial charge on any atom is 0.136 e. The fraction of sp³-hybridized carbons (Fsp3) is 0.733. The second-order valence-corrected chi connectivity index (χ2v) is 5.79. The number of nitrogens with one attached hydrogen (secondary N) is 1. The molecule has 6 heteroatoms. The molecule has 0 amide bonds. The molecular weight excluding hydrogens is 268 g/mol. The number of aromatic nitrogens is 2. The van der Waals surface area contributed by atoms with Crippen LogP contribution in [-0.4, -0.2) is 54.0 Å². The summed E-state index contributed by atoms with van der Waals surface area (Å²) in [5.74, 6) is 3.35. The van der Waals surface area contributed by atoms with Gasteiger partial charge in [0.2, 0.25) is 0 Å². The molecule has 1 saturated carbocycles. The van der Waals surface area contributed by atoms with Crippen LogP contribution in [0.5, 0.6) is 0 Å². The van der Waals surface area contributed by atoms with Gasteiger partial charge in [0.25, 0.3) is 0 Å². The van der Waals surface area contributed by atoms with Crippen molar-refractivity contribution >= 4 is 11.6 Å². The summed E-state index contributed by atoms with van der Waals surface area (Å²) in [7, 11) is 0. The first kappa shape index (κ1) is 14.5. The molecule has 1 aliphatic carbocycles. The minimum atomic E-state index is -0.120. The predicted octanol–water partition coefficient (Wildman–Crippen LogP) is 1.37. The Bertz CT molecular complexity index is 479. The van der Waals surface area contributed by atoms with Crippen molar-refractivity contribution in [2.75, 3.05) is 43.1 Å². The van der Waals surface area contributed by atoms with Crippen LogP contribution in [0.1, 0.15) is 37.9 Å². The molecule has 1 atom stereocenters. The highest BCUT2D eigenvalue weighted by Crippen LogP contribution is 2.39. The highest BCUT2D eigenvalue weighted by molar-refractivity contribution is 5.50. The zero-order valence-electron chi connectivity index (χ0n) is 12.6. The molecule has 0 radical (unpaired) electrons. The van der Waals surface area contributed by atoms with Gasteiger partial charge >= 0.3 is 0 Å². The number of rotatable bonds is 6. The lowest BCUT2D eigenvalue weighted by Crippen LogP contribution is -2.44. The summed E-state index contributed by atoms with van der Waals surface area (Å²) in [6.45, 7) is 5.24. The monoisotopic (exact) mass is 292 g/mol. The third-order valence-electron chi connectivity index (χ3n) is 3.89. The second kappa shape index (κ2) is 6.58. The van der Waals surface area contributed by atoms with Crippen molar-refractivity contribution in [1.82, 2.24) is 9.97 Å². The smallest absolute Gasteiger partial charge is 0.136 e. The van der Waals surface area contributed by atoms with Crippen LogP contribution in [0.15, 0.2) is 6.07 Å². The first-order chi connectivity index (χ1) is 10.3. The van der Waals surface area contributed by atoms with Gasteiger partial charge in [0.1, 0.15) is 17.5 Å². The van der Waals surface area contributed by atoms with Gasteiger partial charge in [-0.05, 0) is 19.3 Å². The summed E-state index contributed by atoms with van der Waals surface area (Å²) in [6.07, 6.45) is 3.34. The number of morpholine rings is 1. The van der Waals surface area contributed by atoms with Gasteiger partial charge in [-0.3, -0.25) is 0 Å². The maximum absolute atomic E-state index is 9.28. The average Bonchev–Trinajstić information content (AvgIpc) is 3.37. The molecule has 2 aliphatic rings. The Balaban J connectivity index is 1.80. The number of hydrogen-bond donors (Lipinski definition) is 2. The molecule has 2 fully saturated rings. The van der Waals surface area contributed by atoms with Crippen molar-refractivity contribution in [2.24, 2.45) is 0 Å². The van der Waals surface area contributed by atoms with Crippen LogP contribution in [-0.2, 0) is 4.74 Å². The van der Waals surface area contributed by atoms with E-state index in [0.29, 0.717) is 19.1 Å². The Morgan fingerprint density at radius 1 is 1.43 bits per heavy atom. The molecule has 1 unspecified atom stereocenters. The topological polar surface area (TPSA) is 70.5 Å². The number of nitrogens with zero attached hydrogens (tertiary/aromatic N) is 3. The second-order valence-electron chi connectivity index (χ2n) is 5.79. The maximum atomic E-state index is 9.28. The van der Waals surface area contributed by atoms with Crippen LogP contribution in [0.4, 0.5) is 11.6 Å². The van der Waals surface area contributed by atoms with Crippen LogP contribution in [0.3, 0.4) is 0 Å². The molecule has 1 saturated heterocycles. The van der Waals surface area contributed by atoms with E-state index in [1.54, 1.807) is 0 Å². The van der Waals surface area contributed by atoms with Crippen molar-refractivity contribution in [3.8, 4) is 0 Å². The summed E-state index contributed by atoms with van der Waals surface area (Å²) in [4.78, 5) is 11.6. The van der Waals surface area contributed by atoms with Gasteiger partial charge in [-0.15, -0.1) is 0 Å². The number of anilines is 2. The highest BCUT2D eigenvalue weighted by atomic mass is 16.5. The van der Waals surface area contributed by atoms with Crippen molar-refractivity contribution < 1.29 is 9.84 Å². The van der Waals surface area contributed by atoms with E-state index in [9.17, 15) is 5.11 Å². The quantitative estimate of drug-likeness (QED) is 0.825. The summed E-state index contributed by atoms with van der Waals surface area (Å²) in [5, 5.41) is 12.6. The number of aliphatic hydroxyl groups excluding tert-OH is 1. The molecule has 6 nitrogen and oxygen atoms in total. The van der Waals surface area contributed by atoms with E-state index < -0.39 is 0 Å². The lowest BCUT2D eigenvalue weighted by molar-refractivity contribution is 0.00335. The zero-order chi connectivity index (χ0) is 14.7. The molecule has 1 aliphatic heterocycles. The SMILES string of the molecule is CCCNc1cc(N2CCOC(CO)C2)nc(C2CC2)n1. The van der Waals surface area contributed by atoms with Crippen LogP contribution in [0, 0.1) is 0 Å². The number of hydrogen-bond acceptors (Lipinski definition) is 6. The fourth-order valence-electron chi connectivity index (χ4n) is 2.52. The van der Waals surface area contributed by atoms with E-state index in [0.717, 1.165) is 37.0 Å². The van der Waals surface area contributed by atoms with Crippen LogP contribution in [0.25, 0.3) is 0 Å². The zero-order valence-corrected chi connectivity index (χ0v) is 12.6. The van der Waals surface area contributed by atoms with Gasteiger partial charge in [-0.25, -0.2) is 9.97 Å². The fourth-order valence-corrected chi connectivity index (χ4v) is 2.52. The predicted molar refractivity (Wildman–Crippen MR) is 81.8 cm³/mol. The summed E-state index contributed by atoms with van der Waals surface area (Å²) >= 11 is 0. The van der Waals surface area contributed by atoms with Gasteiger partial charge in [0, 0.05) is 31.6 Å². The first-order valence-corrected chi connectivity index (χ1v) is 7.90. The third-order valence-corrected chi connectivity index (χ3v) is 3.89. The van der Waals surface area contributed by atoms with Crippen molar-refractivity contribution in [1.29, 1.82) is 0 Å². The van der Waals surface area contributed by atoms with Crippen LogP contribution >= 0.6 is 0 Å². The first-order valence-electron chi connectivity index (χ1n) is 7.90. The van der Waals surface area contributed by atoms with Crippen LogP contribution < -0.4 is 10.2 Å². The molecule has 0 aromatic carbocycles. The van der Waals surface area contributed by atoms with Crippen molar-refractivity contribution in [3.05, 3.63) is 11.9 Å². The lowest BCUT2D eigenvalue weighted by atomic mass is 10.2.